The average Bonchev–Trinajstić information content (AvgIpc) is 3.00. The molecule has 1 atom stereocenters. The van der Waals surface area contributed by atoms with Crippen LogP contribution < -0.4 is 5.32 Å². The summed E-state index contributed by atoms with van der Waals surface area (Å²) in [5, 5.41) is 3.35. The largest absolute Gasteiger partial charge is 0.316 e. The van der Waals surface area contributed by atoms with Crippen LogP contribution in [0.5, 0.6) is 0 Å². The molecule has 1 aromatic carbocycles. The van der Waals surface area contributed by atoms with Crippen LogP contribution in [0.4, 0.5) is 0 Å². The van der Waals surface area contributed by atoms with Crippen molar-refractivity contribution in [3.8, 4) is 11.3 Å². The molecule has 0 bridgehead atoms. The molecule has 1 aliphatic heterocycles. The monoisotopic (exact) mass is 317 g/mol. The van der Waals surface area contributed by atoms with Gasteiger partial charge >= 0.3 is 0 Å². The van der Waals surface area contributed by atoms with Gasteiger partial charge in [0.25, 0.3) is 0 Å². The van der Waals surface area contributed by atoms with E-state index >= 15 is 0 Å². The Morgan fingerprint density at radius 1 is 1.18 bits per heavy atom. The van der Waals surface area contributed by atoms with Gasteiger partial charge in [-0.1, -0.05) is 12.1 Å². The van der Waals surface area contributed by atoms with Crippen molar-refractivity contribution in [1.82, 2.24) is 15.3 Å². The maximum Gasteiger partial charge on any atom is 0.175 e. The van der Waals surface area contributed by atoms with Gasteiger partial charge in [0.2, 0.25) is 0 Å². The maximum atomic E-state index is 11.5. The number of hydrogen-bond donors (Lipinski definition) is 1. The third kappa shape index (κ3) is 3.18. The van der Waals surface area contributed by atoms with Crippen LogP contribution in [0, 0.1) is 6.92 Å². The highest BCUT2D eigenvalue weighted by Gasteiger charge is 2.19. The fourth-order valence-electron chi connectivity index (χ4n) is 2.73. The molecule has 0 aliphatic carbocycles. The van der Waals surface area contributed by atoms with E-state index in [9.17, 15) is 8.42 Å². The Morgan fingerprint density at radius 2 is 1.91 bits per heavy atom. The summed E-state index contributed by atoms with van der Waals surface area (Å²) in [4.78, 5) is 9.36. The minimum atomic E-state index is -3.17. The first-order valence-electron chi connectivity index (χ1n) is 7.30. The Bertz CT molecular complexity index is 780. The van der Waals surface area contributed by atoms with E-state index in [1.807, 2.05) is 13.0 Å². The predicted octanol–water partition coefficient (Wildman–Crippen LogP) is 1.93. The van der Waals surface area contributed by atoms with Crippen LogP contribution in [-0.4, -0.2) is 37.7 Å². The molecule has 5 nitrogen and oxygen atoms in total. The Morgan fingerprint density at radius 3 is 2.50 bits per heavy atom. The number of nitrogens with one attached hydrogen (secondary N) is 1. The second kappa shape index (κ2) is 5.78. The third-order valence-corrected chi connectivity index (χ3v) is 5.04. The van der Waals surface area contributed by atoms with Gasteiger partial charge in [-0.05, 0) is 38.1 Å². The van der Waals surface area contributed by atoms with Crippen LogP contribution in [0.25, 0.3) is 11.3 Å². The number of aromatic nitrogens is 2. The average molecular weight is 317 g/mol. The van der Waals surface area contributed by atoms with Crippen molar-refractivity contribution >= 4 is 9.84 Å². The van der Waals surface area contributed by atoms with Crippen LogP contribution in [0.3, 0.4) is 0 Å². The lowest BCUT2D eigenvalue weighted by Gasteiger charge is -2.11. The van der Waals surface area contributed by atoms with Crippen LogP contribution in [0.1, 0.15) is 23.9 Å². The minimum Gasteiger partial charge on any atom is -0.316 e. The Hall–Kier alpha value is -1.79. The zero-order chi connectivity index (χ0) is 15.7. The molecule has 1 unspecified atom stereocenters. The van der Waals surface area contributed by atoms with Crippen molar-refractivity contribution < 1.29 is 8.42 Å². The van der Waals surface area contributed by atoms with Crippen molar-refractivity contribution in [1.29, 1.82) is 0 Å². The zero-order valence-electron chi connectivity index (χ0n) is 12.7. The quantitative estimate of drug-likeness (QED) is 0.936. The van der Waals surface area contributed by atoms with Gasteiger partial charge in [-0.3, -0.25) is 0 Å². The Kier molecular flexibility index (Phi) is 3.97. The summed E-state index contributed by atoms with van der Waals surface area (Å²) in [5.74, 6) is 1.17. The summed E-state index contributed by atoms with van der Waals surface area (Å²) in [6.07, 6.45) is 2.30. The third-order valence-electron chi connectivity index (χ3n) is 3.91. The van der Waals surface area contributed by atoms with Crippen LogP contribution >= 0.6 is 0 Å². The number of benzene rings is 1. The van der Waals surface area contributed by atoms with Crippen molar-refractivity contribution in [2.24, 2.45) is 0 Å². The summed E-state index contributed by atoms with van der Waals surface area (Å²) in [6, 6.07) is 8.86. The topological polar surface area (TPSA) is 72.0 Å². The normalized spacial score (nSPS) is 18.5. The molecule has 2 heterocycles. The molecule has 3 rings (SSSR count). The van der Waals surface area contributed by atoms with Gasteiger partial charge < -0.3 is 5.32 Å². The minimum absolute atomic E-state index is 0.322. The van der Waals surface area contributed by atoms with Crippen molar-refractivity contribution in [2.75, 3.05) is 19.3 Å². The molecule has 6 heteroatoms. The second-order valence-electron chi connectivity index (χ2n) is 5.71. The number of rotatable bonds is 3. The Balaban J connectivity index is 1.97. The lowest BCUT2D eigenvalue weighted by Crippen LogP contribution is -2.10. The molecule has 116 valence electrons. The fraction of sp³-hybridized carbons (Fsp3) is 0.375. The molecule has 22 heavy (non-hydrogen) atoms. The first-order valence-corrected chi connectivity index (χ1v) is 9.19. The second-order valence-corrected chi connectivity index (χ2v) is 7.73. The molecular formula is C16H19N3O2S. The number of hydrogen-bond acceptors (Lipinski definition) is 5. The molecule has 0 amide bonds. The van der Waals surface area contributed by atoms with Crippen molar-refractivity contribution in [3.05, 3.63) is 41.9 Å². The molecule has 1 aromatic heterocycles. The van der Waals surface area contributed by atoms with Gasteiger partial charge in [-0.15, -0.1) is 0 Å². The molecule has 2 aromatic rings. The van der Waals surface area contributed by atoms with Gasteiger partial charge in [0, 0.05) is 30.0 Å². The van der Waals surface area contributed by atoms with Crippen LogP contribution in [0.15, 0.2) is 35.2 Å². The van der Waals surface area contributed by atoms with E-state index in [1.165, 1.54) is 6.26 Å². The van der Waals surface area contributed by atoms with Gasteiger partial charge in [0.1, 0.15) is 5.82 Å². The number of aryl methyl sites for hydroxylation is 1. The van der Waals surface area contributed by atoms with Crippen molar-refractivity contribution in [3.63, 3.8) is 0 Å². The number of sulfone groups is 1. The first kappa shape index (κ1) is 15.1. The van der Waals surface area contributed by atoms with Gasteiger partial charge in [-0.25, -0.2) is 18.4 Å². The van der Waals surface area contributed by atoms with E-state index in [1.54, 1.807) is 24.3 Å². The lowest BCUT2D eigenvalue weighted by atomic mass is 10.0. The molecule has 0 saturated carbocycles. The summed E-state index contributed by atoms with van der Waals surface area (Å²) in [5.41, 5.74) is 2.80. The van der Waals surface area contributed by atoms with E-state index in [-0.39, 0.29) is 0 Å². The van der Waals surface area contributed by atoms with E-state index in [0.717, 1.165) is 42.3 Å². The number of nitrogens with zero attached hydrogens (tertiary/aromatic N) is 2. The Labute approximate surface area is 130 Å². The maximum absolute atomic E-state index is 11.5. The highest BCUT2D eigenvalue weighted by atomic mass is 32.2. The van der Waals surface area contributed by atoms with E-state index in [0.29, 0.717) is 10.8 Å². The fourth-order valence-corrected chi connectivity index (χ4v) is 3.36. The molecule has 1 fully saturated rings. The molecule has 0 radical (unpaired) electrons. The molecule has 1 saturated heterocycles. The summed E-state index contributed by atoms with van der Waals surface area (Å²) in [6.45, 7) is 3.86. The van der Waals surface area contributed by atoms with Gasteiger partial charge in [0.15, 0.2) is 9.84 Å². The standard InChI is InChI=1S/C16H19N3O2S/c1-11-18-15(9-16(19-11)13-7-8-17-10-13)12-3-5-14(6-4-12)22(2,20)21/h3-6,9,13,17H,7-8,10H2,1-2H3. The summed E-state index contributed by atoms with van der Waals surface area (Å²) < 4.78 is 23.1. The molecule has 1 N–H and O–H groups in total. The van der Waals surface area contributed by atoms with Gasteiger partial charge in [0.05, 0.1) is 10.6 Å². The molecule has 1 aliphatic rings. The van der Waals surface area contributed by atoms with Crippen molar-refractivity contribution in [2.45, 2.75) is 24.2 Å². The molecular weight excluding hydrogens is 298 g/mol. The lowest BCUT2D eigenvalue weighted by molar-refractivity contribution is 0.602. The van der Waals surface area contributed by atoms with E-state index in [4.69, 9.17) is 0 Å². The van der Waals surface area contributed by atoms with E-state index < -0.39 is 9.84 Å². The first-order chi connectivity index (χ1) is 10.4. The predicted molar refractivity (Wildman–Crippen MR) is 85.5 cm³/mol. The highest BCUT2D eigenvalue weighted by molar-refractivity contribution is 7.90. The summed E-state index contributed by atoms with van der Waals surface area (Å²) in [7, 11) is -3.17. The van der Waals surface area contributed by atoms with Crippen LogP contribution in [0.2, 0.25) is 0 Å². The SMILES string of the molecule is Cc1nc(-c2ccc(S(C)(=O)=O)cc2)cc(C2CCNC2)n1. The smallest absolute Gasteiger partial charge is 0.175 e. The molecule has 0 spiro atoms. The van der Waals surface area contributed by atoms with E-state index in [2.05, 4.69) is 15.3 Å². The summed E-state index contributed by atoms with van der Waals surface area (Å²) >= 11 is 0. The zero-order valence-corrected chi connectivity index (χ0v) is 13.5. The van der Waals surface area contributed by atoms with Crippen LogP contribution in [-0.2, 0) is 9.84 Å². The highest BCUT2D eigenvalue weighted by Crippen LogP contribution is 2.25. The van der Waals surface area contributed by atoms with Gasteiger partial charge in [-0.2, -0.15) is 0 Å².